The van der Waals surface area contributed by atoms with Crippen LogP contribution in [-0.2, 0) is 17.0 Å². The second-order valence-electron chi connectivity index (χ2n) is 7.76. The molecule has 3 unspecified atom stereocenters. The highest BCUT2D eigenvalue weighted by atomic mass is 32.2. The lowest BCUT2D eigenvalue weighted by atomic mass is 9.91. The molecule has 1 aromatic heterocycles. The van der Waals surface area contributed by atoms with Crippen LogP contribution in [0.2, 0.25) is 0 Å². The maximum Gasteiger partial charge on any atom is 0.237 e. The van der Waals surface area contributed by atoms with E-state index in [9.17, 15) is 4.79 Å². The van der Waals surface area contributed by atoms with Crippen molar-refractivity contribution in [3.8, 4) is 11.4 Å². The minimum Gasteiger partial charge on any atom is -0.338 e. The molecule has 2 aromatic carbocycles. The monoisotopic (exact) mass is 422 g/mol. The number of thioether (sulfide) groups is 1. The Kier molecular flexibility index (Phi) is 6.20. The van der Waals surface area contributed by atoms with Gasteiger partial charge in [0, 0.05) is 11.6 Å². The molecule has 1 aliphatic heterocycles. The van der Waals surface area contributed by atoms with E-state index in [0.717, 1.165) is 12.0 Å². The second kappa shape index (κ2) is 9.02. The standard InChI is InChI=1S/C23H26N4O2S/c1-14-9-10-18(11-15(14)2)21-25-20(29-27-21)13-30-23-24-16(3)19(22(28)26-23)12-17-7-5-4-6-8-17/h4-11,16,19,23-24H,12-13H2,1-3H3,(H,26,28). The van der Waals surface area contributed by atoms with E-state index in [1.165, 1.54) is 16.7 Å². The quantitative estimate of drug-likeness (QED) is 0.628. The number of carbonyl (C=O) groups excluding carboxylic acids is 1. The average Bonchev–Trinajstić information content (AvgIpc) is 3.21. The first-order valence-corrected chi connectivity index (χ1v) is 11.2. The van der Waals surface area contributed by atoms with Crippen molar-refractivity contribution in [2.45, 2.75) is 44.5 Å². The van der Waals surface area contributed by atoms with Crippen molar-refractivity contribution in [3.05, 3.63) is 71.1 Å². The molecule has 156 valence electrons. The molecule has 4 rings (SSSR count). The molecule has 3 aromatic rings. The molecule has 2 N–H and O–H groups in total. The minimum absolute atomic E-state index is 0.0731. The third-order valence-corrected chi connectivity index (χ3v) is 6.53. The van der Waals surface area contributed by atoms with Crippen molar-refractivity contribution in [3.63, 3.8) is 0 Å². The first-order valence-electron chi connectivity index (χ1n) is 10.1. The Bertz CT molecular complexity index is 1020. The van der Waals surface area contributed by atoms with Gasteiger partial charge in [0.05, 0.1) is 11.7 Å². The van der Waals surface area contributed by atoms with Crippen molar-refractivity contribution in [1.82, 2.24) is 20.8 Å². The molecule has 0 bridgehead atoms. The minimum atomic E-state index is -0.184. The third kappa shape index (κ3) is 4.74. The van der Waals surface area contributed by atoms with Crippen LogP contribution in [0.3, 0.4) is 0 Å². The number of hydrogen-bond acceptors (Lipinski definition) is 6. The fourth-order valence-corrected chi connectivity index (χ4v) is 4.49. The Labute approximate surface area is 180 Å². The van der Waals surface area contributed by atoms with Crippen LogP contribution in [-0.4, -0.2) is 27.6 Å². The van der Waals surface area contributed by atoms with Crippen LogP contribution in [0.4, 0.5) is 0 Å². The average molecular weight is 423 g/mol. The van der Waals surface area contributed by atoms with Gasteiger partial charge in [0.1, 0.15) is 5.50 Å². The smallest absolute Gasteiger partial charge is 0.237 e. The van der Waals surface area contributed by atoms with E-state index in [1.807, 2.05) is 24.3 Å². The number of benzene rings is 2. The molecule has 3 atom stereocenters. The summed E-state index contributed by atoms with van der Waals surface area (Å²) in [5.74, 6) is 1.63. The van der Waals surface area contributed by atoms with Gasteiger partial charge in [0.15, 0.2) is 0 Å². The van der Waals surface area contributed by atoms with Gasteiger partial charge in [-0.15, -0.1) is 11.8 Å². The van der Waals surface area contributed by atoms with Crippen molar-refractivity contribution in [2.24, 2.45) is 5.92 Å². The number of nitrogens with one attached hydrogen (secondary N) is 2. The van der Waals surface area contributed by atoms with Crippen LogP contribution in [0.5, 0.6) is 0 Å². The molecular weight excluding hydrogens is 396 g/mol. The highest BCUT2D eigenvalue weighted by Gasteiger charge is 2.33. The SMILES string of the molecule is Cc1ccc(-c2noc(CSC3NC(=O)C(Cc4ccccc4)C(C)N3)n2)cc1C. The Balaban J connectivity index is 1.33. The van der Waals surface area contributed by atoms with Crippen LogP contribution in [0.25, 0.3) is 11.4 Å². The molecule has 1 fully saturated rings. The molecule has 1 aliphatic rings. The Morgan fingerprint density at radius 3 is 2.63 bits per heavy atom. The lowest BCUT2D eigenvalue weighted by molar-refractivity contribution is -0.128. The molecule has 7 heteroatoms. The van der Waals surface area contributed by atoms with E-state index < -0.39 is 0 Å². The Hall–Kier alpha value is -2.64. The van der Waals surface area contributed by atoms with Crippen LogP contribution in [0.1, 0.15) is 29.5 Å². The Morgan fingerprint density at radius 2 is 1.90 bits per heavy atom. The maximum atomic E-state index is 12.7. The van der Waals surface area contributed by atoms with Gasteiger partial charge in [-0.1, -0.05) is 47.6 Å². The highest BCUT2D eigenvalue weighted by Crippen LogP contribution is 2.24. The van der Waals surface area contributed by atoms with Crippen molar-refractivity contribution >= 4 is 17.7 Å². The summed E-state index contributed by atoms with van der Waals surface area (Å²) in [6, 6.07) is 16.3. The number of aromatic nitrogens is 2. The molecule has 30 heavy (non-hydrogen) atoms. The summed E-state index contributed by atoms with van der Waals surface area (Å²) in [6.07, 6.45) is 0.723. The van der Waals surface area contributed by atoms with Gasteiger partial charge < -0.3 is 9.84 Å². The van der Waals surface area contributed by atoms with Crippen LogP contribution < -0.4 is 10.6 Å². The molecular formula is C23H26N4O2S. The van der Waals surface area contributed by atoms with Gasteiger partial charge in [-0.2, -0.15) is 4.98 Å². The number of carbonyl (C=O) groups is 1. The normalized spacial score (nSPS) is 21.4. The Morgan fingerprint density at radius 1 is 1.10 bits per heavy atom. The van der Waals surface area contributed by atoms with E-state index in [0.29, 0.717) is 17.5 Å². The zero-order chi connectivity index (χ0) is 21.1. The van der Waals surface area contributed by atoms with E-state index in [1.54, 1.807) is 11.8 Å². The van der Waals surface area contributed by atoms with Gasteiger partial charge in [-0.05, 0) is 49.9 Å². The summed E-state index contributed by atoms with van der Waals surface area (Å²) in [4.78, 5) is 17.2. The number of hydrogen-bond donors (Lipinski definition) is 2. The highest BCUT2D eigenvalue weighted by molar-refractivity contribution is 7.99. The zero-order valence-electron chi connectivity index (χ0n) is 17.4. The van der Waals surface area contributed by atoms with Crippen LogP contribution >= 0.6 is 11.8 Å². The molecule has 0 saturated carbocycles. The zero-order valence-corrected chi connectivity index (χ0v) is 18.2. The fourth-order valence-electron chi connectivity index (χ4n) is 3.55. The summed E-state index contributed by atoms with van der Waals surface area (Å²) < 4.78 is 5.41. The summed E-state index contributed by atoms with van der Waals surface area (Å²) in [6.45, 7) is 6.21. The van der Waals surface area contributed by atoms with E-state index in [2.05, 4.69) is 65.8 Å². The first kappa shape index (κ1) is 20.6. The molecule has 2 heterocycles. The summed E-state index contributed by atoms with van der Waals surface area (Å²) >= 11 is 1.54. The number of rotatable bonds is 6. The topological polar surface area (TPSA) is 80.0 Å². The van der Waals surface area contributed by atoms with E-state index >= 15 is 0 Å². The lowest BCUT2D eigenvalue weighted by Gasteiger charge is -2.35. The molecule has 0 aliphatic carbocycles. The molecule has 0 spiro atoms. The molecule has 0 radical (unpaired) electrons. The molecule has 1 amide bonds. The van der Waals surface area contributed by atoms with Gasteiger partial charge in [0.25, 0.3) is 0 Å². The van der Waals surface area contributed by atoms with Gasteiger partial charge in [-0.25, -0.2) is 0 Å². The van der Waals surface area contributed by atoms with Gasteiger partial charge in [-0.3, -0.25) is 10.1 Å². The summed E-state index contributed by atoms with van der Waals surface area (Å²) in [7, 11) is 0. The third-order valence-electron chi connectivity index (χ3n) is 5.53. The van der Waals surface area contributed by atoms with Crippen LogP contribution in [0, 0.1) is 19.8 Å². The van der Waals surface area contributed by atoms with E-state index in [4.69, 9.17) is 4.52 Å². The van der Waals surface area contributed by atoms with Gasteiger partial charge in [0.2, 0.25) is 17.6 Å². The largest absolute Gasteiger partial charge is 0.338 e. The predicted molar refractivity (Wildman–Crippen MR) is 119 cm³/mol. The van der Waals surface area contributed by atoms with Crippen molar-refractivity contribution in [1.29, 1.82) is 0 Å². The number of aryl methyl sites for hydroxylation is 2. The molecule has 6 nitrogen and oxygen atoms in total. The van der Waals surface area contributed by atoms with E-state index in [-0.39, 0.29) is 23.4 Å². The number of nitrogens with zero attached hydrogens (tertiary/aromatic N) is 2. The number of amides is 1. The fraction of sp³-hybridized carbons (Fsp3) is 0.348. The summed E-state index contributed by atoms with van der Waals surface area (Å²) in [5, 5.41) is 10.6. The first-order chi connectivity index (χ1) is 14.5. The maximum absolute atomic E-state index is 12.7. The van der Waals surface area contributed by atoms with Crippen molar-refractivity contribution < 1.29 is 9.32 Å². The lowest BCUT2D eigenvalue weighted by Crippen LogP contribution is -2.59. The van der Waals surface area contributed by atoms with Gasteiger partial charge >= 0.3 is 0 Å². The predicted octanol–water partition coefficient (Wildman–Crippen LogP) is 3.84. The second-order valence-corrected chi connectivity index (χ2v) is 8.86. The molecule has 1 saturated heterocycles. The summed E-state index contributed by atoms with van der Waals surface area (Å²) in [5.41, 5.74) is 4.36. The van der Waals surface area contributed by atoms with Crippen LogP contribution in [0.15, 0.2) is 53.1 Å². The van der Waals surface area contributed by atoms with Crippen molar-refractivity contribution in [2.75, 3.05) is 0 Å².